The summed E-state index contributed by atoms with van der Waals surface area (Å²) in [6, 6.07) is 22.3. The van der Waals surface area contributed by atoms with Gasteiger partial charge in [-0.1, -0.05) is 62.4 Å². The number of fused-ring (bicyclic) bond motifs is 3. The SMILES string of the molecule is Cc1ccccc1N(c1ccc2c(c1C)-c1ccccc1C2(C)C)C(C)(C)C. The first-order valence-corrected chi connectivity index (χ1v) is 10.2. The van der Waals surface area contributed by atoms with E-state index < -0.39 is 0 Å². The molecule has 0 spiro atoms. The van der Waals surface area contributed by atoms with Crippen molar-refractivity contribution in [2.75, 3.05) is 4.90 Å². The average Bonchev–Trinajstić information content (AvgIpc) is 2.86. The van der Waals surface area contributed by atoms with Crippen LogP contribution in [0.5, 0.6) is 0 Å². The lowest BCUT2D eigenvalue weighted by atomic mass is 9.82. The summed E-state index contributed by atoms with van der Waals surface area (Å²) in [5.41, 5.74) is 10.9. The van der Waals surface area contributed by atoms with Crippen molar-refractivity contribution in [3.8, 4) is 11.1 Å². The molecule has 0 aliphatic heterocycles. The quantitative estimate of drug-likeness (QED) is 0.451. The van der Waals surface area contributed by atoms with Gasteiger partial charge >= 0.3 is 0 Å². The van der Waals surface area contributed by atoms with E-state index in [1.807, 2.05) is 0 Å². The first kappa shape index (κ1) is 18.8. The Kier molecular flexibility index (Phi) is 4.19. The molecule has 3 aromatic rings. The zero-order valence-corrected chi connectivity index (χ0v) is 18.2. The third-order valence-electron chi connectivity index (χ3n) is 6.25. The third kappa shape index (κ3) is 2.68. The van der Waals surface area contributed by atoms with Crippen LogP contribution in [0.4, 0.5) is 11.4 Å². The van der Waals surface area contributed by atoms with Crippen molar-refractivity contribution in [3.63, 3.8) is 0 Å². The zero-order chi connectivity index (χ0) is 20.3. The fourth-order valence-electron chi connectivity index (χ4n) is 4.87. The Balaban J connectivity index is 2.00. The van der Waals surface area contributed by atoms with Crippen molar-refractivity contribution in [1.82, 2.24) is 0 Å². The molecule has 0 amide bonds. The van der Waals surface area contributed by atoms with Crippen LogP contribution in [0, 0.1) is 13.8 Å². The van der Waals surface area contributed by atoms with Crippen LogP contribution < -0.4 is 4.90 Å². The molecule has 144 valence electrons. The number of hydrogen-bond acceptors (Lipinski definition) is 1. The molecular weight excluding hydrogens is 338 g/mol. The maximum Gasteiger partial charge on any atom is 0.0451 e. The van der Waals surface area contributed by atoms with Gasteiger partial charge in [0.05, 0.1) is 0 Å². The van der Waals surface area contributed by atoms with Gasteiger partial charge in [0.1, 0.15) is 0 Å². The molecule has 28 heavy (non-hydrogen) atoms. The Labute approximate surface area is 170 Å². The molecule has 4 rings (SSSR count). The monoisotopic (exact) mass is 369 g/mol. The summed E-state index contributed by atoms with van der Waals surface area (Å²) in [7, 11) is 0. The molecule has 0 aromatic heterocycles. The summed E-state index contributed by atoms with van der Waals surface area (Å²) >= 11 is 0. The lowest BCUT2D eigenvalue weighted by molar-refractivity contribution is 0.558. The van der Waals surface area contributed by atoms with Crippen LogP contribution in [0.2, 0.25) is 0 Å². The second kappa shape index (κ2) is 6.24. The summed E-state index contributed by atoms with van der Waals surface area (Å²) in [6.07, 6.45) is 0. The number of nitrogens with zero attached hydrogens (tertiary/aromatic N) is 1. The van der Waals surface area contributed by atoms with Gasteiger partial charge in [-0.25, -0.2) is 0 Å². The van der Waals surface area contributed by atoms with Crippen molar-refractivity contribution >= 4 is 11.4 Å². The molecule has 0 N–H and O–H groups in total. The van der Waals surface area contributed by atoms with Crippen LogP contribution in [0.1, 0.15) is 56.9 Å². The predicted molar refractivity (Wildman–Crippen MR) is 122 cm³/mol. The zero-order valence-electron chi connectivity index (χ0n) is 18.2. The van der Waals surface area contributed by atoms with E-state index in [9.17, 15) is 0 Å². The summed E-state index contributed by atoms with van der Waals surface area (Å²) in [6.45, 7) is 16.1. The molecule has 0 unspecified atom stereocenters. The topological polar surface area (TPSA) is 3.24 Å². The lowest BCUT2D eigenvalue weighted by Gasteiger charge is -2.40. The second-order valence-corrected chi connectivity index (χ2v) is 9.60. The van der Waals surface area contributed by atoms with Gasteiger partial charge in [-0.3, -0.25) is 0 Å². The van der Waals surface area contributed by atoms with Gasteiger partial charge in [0.25, 0.3) is 0 Å². The van der Waals surface area contributed by atoms with Gasteiger partial charge < -0.3 is 4.90 Å². The highest BCUT2D eigenvalue weighted by atomic mass is 15.2. The van der Waals surface area contributed by atoms with Gasteiger partial charge in [-0.05, 0) is 80.1 Å². The van der Waals surface area contributed by atoms with Crippen molar-refractivity contribution in [2.45, 2.75) is 59.4 Å². The van der Waals surface area contributed by atoms with Gasteiger partial charge in [0, 0.05) is 22.3 Å². The van der Waals surface area contributed by atoms with E-state index in [2.05, 4.69) is 114 Å². The van der Waals surface area contributed by atoms with Crippen LogP contribution in [0.3, 0.4) is 0 Å². The van der Waals surface area contributed by atoms with Crippen molar-refractivity contribution in [1.29, 1.82) is 0 Å². The molecule has 0 saturated heterocycles. The Hall–Kier alpha value is -2.54. The van der Waals surface area contributed by atoms with E-state index in [4.69, 9.17) is 0 Å². The van der Waals surface area contributed by atoms with Crippen LogP contribution >= 0.6 is 0 Å². The molecule has 1 heteroatoms. The Morgan fingerprint density at radius 2 is 1.36 bits per heavy atom. The number of benzene rings is 3. The molecule has 0 heterocycles. The minimum absolute atomic E-state index is 0.0290. The highest BCUT2D eigenvalue weighted by Crippen LogP contribution is 2.52. The average molecular weight is 370 g/mol. The number of anilines is 2. The van der Waals surface area contributed by atoms with Crippen molar-refractivity contribution < 1.29 is 0 Å². The lowest BCUT2D eigenvalue weighted by Crippen LogP contribution is -2.38. The number of hydrogen-bond donors (Lipinski definition) is 0. The molecule has 0 saturated carbocycles. The second-order valence-electron chi connectivity index (χ2n) is 9.60. The van der Waals surface area contributed by atoms with Crippen LogP contribution in [0.25, 0.3) is 11.1 Å². The summed E-state index contributed by atoms with van der Waals surface area (Å²) in [5, 5.41) is 0. The highest BCUT2D eigenvalue weighted by Gasteiger charge is 2.37. The van der Waals surface area contributed by atoms with Crippen LogP contribution in [-0.2, 0) is 5.41 Å². The van der Waals surface area contributed by atoms with E-state index in [0.29, 0.717) is 0 Å². The van der Waals surface area contributed by atoms with Crippen molar-refractivity contribution in [2.24, 2.45) is 0 Å². The third-order valence-corrected chi connectivity index (χ3v) is 6.25. The number of aryl methyl sites for hydroxylation is 1. The van der Waals surface area contributed by atoms with E-state index in [1.165, 1.54) is 44.8 Å². The molecule has 1 aliphatic carbocycles. The maximum absolute atomic E-state index is 2.51. The van der Waals surface area contributed by atoms with Crippen molar-refractivity contribution in [3.05, 3.63) is 82.9 Å². The van der Waals surface area contributed by atoms with Gasteiger partial charge in [-0.15, -0.1) is 0 Å². The molecule has 1 aliphatic rings. The van der Waals surface area contributed by atoms with E-state index in [0.717, 1.165) is 0 Å². The maximum atomic E-state index is 2.51. The highest BCUT2D eigenvalue weighted by molar-refractivity contribution is 5.88. The normalized spacial score (nSPS) is 14.5. The van der Waals surface area contributed by atoms with Gasteiger partial charge in [-0.2, -0.15) is 0 Å². The number of para-hydroxylation sites is 1. The molecule has 0 bridgehead atoms. The first-order chi connectivity index (χ1) is 13.1. The molecule has 1 nitrogen and oxygen atoms in total. The fourth-order valence-corrected chi connectivity index (χ4v) is 4.87. The van der Waals surface area contributed by atoms with E-state index in [-0.39, 0.29) is 11.0 Å². The Morgan fingerprint density at radius 1 is 0.714 bits per heavy atom. The van der Waals surface area contributed by atoms with Crippen LogP contribution in [0.15, 0.2) is 60.7 Å². The minimum Gasteiger partial charge on any atom is -0.336 e. The molecule has 0 radical (unpaired) electrons. The van der Waals surface area contributed by atoms with Crippen LogP contribution in [-0.4, -0.2) is 5.54 Å². The van der Waals surface area contributed by atoms with E-state index >= 15 is 0 Å². The molecule has 3 aromatic carbocycles. The smallest absolute Gasteiger partial charge is 0.0451 e. The molecular formula is C27H31N. The van der Waals surface area contributed by atoms with Gasteiger partial charge in [0.2, 0.25) is 0 Å². The fraction of sp³-hybridized carbons (Fsp3) is 0.333. The number of rotatable bonds is 2. The van der Waals surface area contributed by atoms with E-state index in [1.54, 1.807) is 0 Å². The minimum atomic E-state index is -0.0290. The first-order valence-electron chi connectivity index (χ1n) is 10.2. The predicted octanol–water partition coefficient (Wildman–Crippen LogP) is 7.55. The Morgan fingerprint density at radius 3 is 2.04 bits per heavy atom. The Bertz CT molecular complexity index is 1050. The van der Waals surface area contributed by atoms with Gasteiger partial charge in [0.15, 0.2) is 0 Å². The summed E-state index contributed by atoms with van der Waals surface area (Å²) < 4.78 is 0. The molecule has 0 fully saturated rings. The largest absolute Gasteiger partial charge is 0.336 e. The summed E-state index contributed by atoms with van der Waals surface area (Å²) in [4.78, 5) is 2.51. The molecule has 0 atom stereocenters. The summed E-state index contributed by atoms with van der Waals surface area (Å²) in [5.74, 6) is 0. The standard InChI is InChI=1S/C27H31N/c1-18-12-8-11-15-23(18)28(26(3,4)5)24-17-16-22-25(19(24)2)20-13-9-10-14-21(20)27(22,6)7/h8-17H,1-7H3.